The molecule has 0 bridgehead atoms. The maximum absolute atomic E-state index is 8.35. The van der Waals surface area contributed by atoms with Crippen LogP contribution in [0, 0.1) is 11.3 Å². The van der Waals surface area contributed by atoms with E-state index < -0.39 is 0 Å². The molecule has 0 spiro atoms. The van der Waals surface area contributed by atoms with E-state index in [9.17, 15) is 0 Å². The van der Waals surface area contributed by atoms with E-state index in [-0.39, 0.29) is 0 Å². The van der Waals surface area contributed by atoms with Crippen LogP contribution in [-0.2, 0) is 0 Å². The van der Waals surface area contributed by atoms with Gasteiger partial charge in [0.15, 0.2) is 0 Å². The van der Waals surface area contributed by atoms with Gasteiger partial charge < -0.3 is 5.32 Å². The summed E-state index contributed by atoms with van der Waals surface area (Å²) in [5.74, 6) is 1.35. The summed E-state index contributed by atoms with van der Waals surface area (Å²) >= 11 is 0. The molecule has 0 amide bonds. The number of nitrogens with one attached hydrogen (secondary N) is 1. The fraction of sp³-hybridized carbons (Fsp3) is 0.538. The summed E-state index contributed by atoms with van der Waals surface area (Å²) in [6.07, 6.45) is 2.38. The first-order valence-corrected chi connectivity index (χ1v) is 5.81. The summed E-state index contributed by atoms with van der Waals surface area (Å²) in [5, 5.41) is 11.4. The fourth-order valence-electron chi connectivity index (χ4n) is 1.10. The van der Waals surface area contributed by atoms with E-state index in [4.69, 9.17) is 5.26 Å². The molecular formula is C13H21N3. The van der Waals surface area contributed by atoms with E-state index in [1.165, 1.54) is 5.56 Å². The van der Waals surface area contributed by atoms with Gasteiger partial charge in [0.1, 0.15) is 5.82 Å². The Labute approximate surface area is 98.5 Å². The summed E-state index contributed by atoms with van der Waals surface area (Å²) in [7, 11) is 0. The summed E-state index contributed by atoms with van der Waals surface area (Å²) in [6, 6.07) is 6.09. The smallest absolute Gasteiger partial charge is 0.125 e. The number of nitriles is 1. The number of pyridine rings is 1. The van der Waals surface area contributed by atoms with Crippen molar-refractivity contribution in [1.82, 2.24) is 4.98 Å². The van der Waals surface area contributed by atoms with Crippen LogP contribution in [0.3, 0.4) is 0 Å². The Morgan fingerprint density at radius 3 is 2.50 bits per heavy atom. The Bertz CT molecular complexity index is 309. The first-order valence-electron chi connectivity index (χ1n) is 5.81. The van der Waals surface area contributed by atoms with Gasteiger partial charge in [0.25, 0.3) is 0 Å². The Hall–Kier alpha value is -1.56. The van der Waals surface area contributed by atoms with Gasteiger partial charge in [0.05, 0.1) is 12.5 Å². The monoisotopic (exact) mass is 219 g/mol. The van der Waals surface area contributed by atoms with Crippen molar-refractivity contribution in [3.63, 3.8) is 0 Å². The van der Waals surface area contributed by atoms with Crippen LogP contribution in [0.4, 0.5) is 5.82 Å². The van der Waals surface area contributed by atoms with Crippen LogP contribution in [0.25, 0.3) is 0 Å². The van der Waals surface area contributed by atoms with Crippen LogP contribution in [-0.4, -0.2) is 11.5 Å². The average Bonchev–Trinajstić information content (AvgIpc) is 2.33. The Morgan fingerprint density at radius 1 is 1.38 bits per heavy atom. The second kappa shape index (κ2) is 8.72. The first kappa shape index (κ1) is 14.4. The lowest BCUT2D eigenvalue weighted by Gasteiger charge is -2.06. The van der Waals surface area contributed by atoms with Crippen molar-refractivity contribution in [3.05, 3.63) is 23.9 Å². The molecule has 0 aliphatic rings. The summed E-state index contributed by atoms with van der Waals surface area (Å²) in [5.41, 5.74) is 1.23. The highest BCUT2D eigenvalue weighted by atomic mass is 15.0. The molecule has 0 saturated carbocycles. The number of nitrogens with zero attached hydrogens (tertiary/aromatic N) is 2. The molecule has 0 radical (unpaired) electrons. The largest absolute Gasteiger partial charge is 0.369 e. The third-order valence-corrected chi connectivity index (χ3v) is 2.00. The number of hydrogen-bond acceptors (Lipinski definition) is 3. The zero-order valence-corrected chi connectivity index (χ0v) is 10.6. The van der Waals surface area contributed by atoms with Crippen LogP contribution >= 0.6 is 0 Å². The van der Waals surface area contributed by atoms with E-state index in [1.54, 1.807) is 0 Å². The molecule has 0 aromatic carbocycles. The minimum absolute atomic E-state index is 0.508. The molecule has 1 rings (SSSR count). The van der Waals surface area contributed by atoms with Crippen molar-refractivity contribution in [3.8, 4) is 6.07 Å². The van der Waals surface area contributed by atoms with Gasteiger partial charge in [-0.25, -0.2) is 4.98 Å². The molecule has 0 saturated heterocycles. The number of anilines is 1. The molecule has 1 N–H and O–H groups in total. The van der Waals surface area contributed by atoms with Gasteiger partial charge in [-0.15, -0.1) is 0 Å². The van der Waals surface area contributed by atoms with Crippen molar-refractivity contribution in [2.45, 2.75) is 40.0 Å². The van der Waals surface area contributed by atoms with Crippen LogP contribution in [0.15, 0.2) is 18.3 Å². The van der Waals surface area contributed by atoms with Crippen LogP contribution in [0.2, 0.25) is 0 Å². The molecule has 0 aliphatic heterocycles. The molecule has 0 aliphatic carbocycles. The van der Waals surface area contributed by atoms with Crippen molar-refractivity contribution >= 4 is 5.82 Å². The van der Waals surface area contributed by atoms with Gasteiger partial charge in [-0.1, -0.05) is 33.8 Å². The molecule has 0 unspecified atom stereocenters. The third kappa shape index (κ3) is 5.35. The highest BCUT2D eigenvalue weighted by molar-refractivity contribution is 5.36. The van der Waals surface area contributed by atoms with E-state index >= 15 is 0 Å². The third-order valence-electron chi connectivity index (χ3n) is 2.00. The molecule has 88 valence electrons. The molecule has 0 atom stereocenters. The van der Waals surface area contributed by atoms with Gasteiger partial charge in [0, 0.05) is 12.7 Å². The molecule has 1 aromatic rings. The number of rotatable bonds is 4. The van der Waals surface area contributed by atoms with E-state index in [0.717, 1.165) is 5.82 Å². The van der Waals surface area contributed by atoms with Crippen molar-refractivity contribution in [2.75, 3.05) is 11.9 Å². The predicted octanol–water partition coefficient (Wildman–Crippen LogP) is 3.56. The lowest BCUT2D eigenvalue weighted by molar-refractivity contribution is 0.858. The summed E-state index contributed by atoms with van der Waals surface area (Å²) in [4.78, 5) is 4.25. The van der Waals surface area contributed by atoms with Gasteiger partial charge >= 0.3 is 0 Å². The molecule has 3 heteroatoms. The highest BCUT2D eigenvalue weighted by Gasteiger charge is 1.98. The van der Waals surface area contributed by atoms with Gasteiger partial charge in [-0.05, 0) is 17.5 Å². The maximum atomic E-state index is 8.35. The predicted molar refractivity (Wildman–Crippen MR) is 68.4 cm³/mol. The summed E-state index contributed by atoms with van der Waals surface area (Å²) in [6.45, 7) is 8.93. The standard InChI is InChI=1S/C11H15N3.C2H6/c1-9(2)10-4-5-11(14-8-10)13-7-3-6-12;1-2/h4-5,8-9H,3,7H2,1-2H3,(H,13,14);1-2H3. The molecule has 16 heavy (non-hydrogen) atoms. The average molecular weight is 219 g/mol. The maximum Gasteiger partial charge on any atom is 0.125 e. The van der Waals surface area contributed by atoms with Crippen LogP contribution in [0.5, 0.6) is 0 Å². The fourth-order valence-corrected chi connectivity index (χ4v) is 1.10. The van der Waals surface area contributed by atoms with E-state index in [0.29, 0.717) is 18.9 Å². The van der Waals surface area contributed by atoms with Gasteiger partial charge in [-0.3, -0.25) is 0 Å². The van der Waals surface area contributed by atoms with Gasteiger partial charge in [-0.2, -0.15) is 5.26 Å². The Morgan fingerprint density at radius 2 is 2.06 bits per heavy atom. The Kier molecular flexibility index (Phi) is 7.87. The highest BCUT2D eigenvalue weighted by Crippen LogP contribution is 2.14. The Balaban J connectivity index is 0.00000106. The van der Waals surface area contributed by atoms with Crippen LogP contribution < -0.4 is 5.32 Å². The summed E-state index contributed by atoms with van der Waals surface area (Å²) < 4.78 is 0. The quantitative estimate of drug-likeness (QED) is 0.788. The van der Waals surface area contributed by atoms with Crippen molar-refractivity contribution in [2.24, 2.45) is 0 Å². The number of hydrogen-bond donors (Lipinski definition) is 1. The normalized spacial score (nSPS) is 9.00. The minimum atomic E-state index is 0.508. The van der Waals surface area contributed by atoms with Crippen molar-refractivity contribution in [1.29, 1.82) is 5.26 Å². The van der Waals surface area contributed by atoms with E-state index in [2.05, 4.69) is 36.3 Å². The minimum Gasteiger partial charge on any atom is -0.369 e. The van der Waals surface area contributed by atoms with E-state index in [1.807, 2.05) is 26.1 Å². The first-order chi connectivity index (χ1) is 7.74. The lowest BCUT2D eigenvalue weighted by atomic mass is 10.1. The molecule has 1 aromatic heterocycles. The molecule has 3 nitrogen and oxygen atoms in total. The molecular weight excluding hydrogens is 198 g/mol. The van der Waals surface area contributed by atoms with Gasteiger partial charge in [0.2, 0.25) is 0 Å². The topological polar surface area (TPSA) is 48.7 Å². The SMILES string of the molecule is CC.CC(C)c1ccc(NCCC#N)nc1. The second-order valence-corrected chi connectivity index (χ2v) is 3.47. The second-order valence-electron chi connectivity index (χ2n) is 3.47. The number of aromatic nitrogens is 1. The zero-order chi connectivity index (χ0) is 12.4. The molecule has 0 fully saturated rings. The van der Waals surface area contributed by atoms with Crippen LogP contribution in [0.1, 0.15) is 45.6 Å². The molecule has 1 heterocycles. The zero-order valence-electron chi connectivity index (χ0n) is 10.6. The lowest BCUT2D eigenvalue weighted by Crippen LogP contribution is -2.02. The van der Waals surface area contributed by atoms with Crippen molar-refractivity contribution < 1.29 is 0 Å².